The maximum absolute atomic E-state index is 14.0. The summed E-state index contributed by atoms with van der Waals surface area (Å²) in [6.07, 6.45) is -0.508. The third-order valence-corrected chi connectivity index (χ3v) is 3.48. The Morgan fingerprint density at radius 1 is 0.905 bits per heavy atom. The number of hydrogen-bond donors (Lipinski definition) is 1. The largest absolute Gasteiger partial charge is 0.484 e. The van der Waals surface area contributed by atoms with Gasteiger partial charge in [0.1, 0.15) is 17.7 Å². The zero-order chi connectivity index (χ0) is 15.4. The van der Waals surface area contributed by atoms with Crippen LogP contribution >= 0.6 is 0 Å². The first kappa shape index (κ1) is 15.5. The summed E-state index contributed by atoms with van der Waals surface area (Å²) in [4.78, 5) is 0. The van der Waals surface area contributed by atoms with Gasteiger partial charge in [-0.25, -0.2) is 4.39 Å². The van der Waals surface area contributed by atoms with Crippen LogP contribution in [-0.2, 0) is 0 Å². The van der Waals surface area contributed by atoms with Crippen LogP contribution in [0.15, 0.2) is 48.5 Å². The standard InChI is InChI=1S/C18H22FNO/c1-12(2)14-8-5-7-11-17(14)21-18(13(3)20)15-9-4-6-10-16(15)19/h4-13,18H,20H2,1-3H3. The Kier molecular flexibility index (Phi) is 4.97. The van der Waals surface area contributed by atoms with E-state index >= 15 is 0 Å². The number of para-hydroxylation sites is 1. The van der Waals surface area contributed by atoms with Gasteiger partial charge in [0.15, 0.2) is 0 Å². The first-order valence-electron chi connectivity index (χ1n) is 7.26. The molecule has 0 saturated carbocycles. The van der Waals surface area contributed by atoms with Crippen LogP contribution < -0.4 is 10.5 Å². The maximum atomic E-state index is 14.0. The first-order valence-corrected chi connectivity index (χ1v) is 7.26. The molecule has 0 aliphatic carbocycles. The highest BCUT2D eigenvalue weighted by Gasteiger charge is 2.22. The van der Waals surface area contributed by atoms with Crippen molar-refractivity contribution in [1.82, 2.24) is 0 Å². The van der Waals surface area contributed by atoms with Crippen LogP contribution in [0, 0.1) is 5.82 Å². The summed E-state index contributed by atoms with van der Waals surface area (Å²) in [5.41, 5.74) is 7.61. The fraction of sp³-hybridized carbons (Fsp3) is 0.333. The van der Waals surface area contributed by atoms with Crippen molar-refractivity contribution in [2.75, 3.05) is 0 Å². The normalized spacial score (nSPS) is 14.0. The average molecular weight is 287 g/mol. The van der Waals surface area contributed by atoms with Crippen LogP contribution in [-0.4, -0.2) is 6.04 Å². The Morgan fingerprint density at radius 2 is 1.48 bits per heavy atom. The molecule has 0 heterocycles. The van der Waals surface area contributed by atoms with E-state index in [4.69, 9.17) is 10.5 Å². The van der Waals surface area contributed by atoms with E-state index in [0.717, 1.165) is 11.3 Å². The molecule has 0 spiro atoms. The first-order chi connectivity index (χ1) is 10.0. The molecule has 2 aromatic carbocycles. The fourth-order valence-electron chi connectivity index (χ4n) is 2.36. The predicted octanol–water partition coefficient (Wildman–Crippen LogP) is 4.42. The van der Waals surface area contributed by atoms with E-state index in [9.17, 15) is 4.39 Å². The molecule has 0 bridgehead atoms. The third kappa shape index (κ3) is 3.61. The molecular formula is C18H22FNO. The fourth-order valence-corrected chi connectivity index (χ4v) is 2.36. The summed E-state index contributed by atoms with van der Waals surface area (Å²) in [5.74, 6) is 0.801. The SMILES string of the molecule is CC(C)c1ccccc1OC(c1ccccc1F)C(C)N. The molecule has 3 heteroatoms. The highest BCUT2D eigenvalue weighted by Crippen LogP contribution is 2.31. The quantitative estimate of drug-likeness (QED) is 0.883. The minimum absolute atomic E-state index is 0.290. The Bertz CT molecular complexity index is 595. The number of halogens is 1. The summed E-state index contributed by atoms with van der Waals surface area (Å²) in [7, 11) is 0. The van der Waals surface area contributed by atoms with Gasteiger partial charge in [-0.2, -0.15) is 0 Å². The van der Waals surface area contributed by atoms with Crippen molar-refractivity contribution in [3.05, 3.63) is 65.5 Å². The van der Waals surface area contributed by atoms with E-state index in [1.54, 1.807) is 18.2 Å². The number of rotatable bonds is 5. The topological polar surface area (TPSA) is 35.2 Å². The van der Waals surface area contributed by atoms with Gasteiger partial charge < -0.3 is 10.5 Å². The smallest absolute Gasteiger partial charge is 0.141 e. The van der Waals surface area contributed by atoms with E-state index in [1.165, 1.54) is 6.07 Å². The zero-order valence-electron chi connectivity index (χ0n) is 12.7. The summed E-state index contributed by atoms with van der Waals surface area (Å²) in [5, 5.41) is 0. The minimum Gasteiger partial charge on any atom is -0.484 e. The third-order valence-electron chi connectivity index (χ3n) is 3.48. The molecule has 2 aromatic rings. The predicted molar refractivity (Wildman–Crippen MR) is 83.9 cm³/mol. The van der Waals surface area contributed by atoms with Gasteiger partial charge in [0, 0.05) is 11.6 Å². The second kappa shape index (κ2) is 6.72. The van der Waals surface area contributed by atoms with Crippen molar-refractivity contribution in [2.24, 2.45) is 5.73 Å². The van der Waals surface area contributed by atoms with E-state index in [2.05, 4.69) is 13.8 Å². The van der Waals surface area contributed by atoms with E-state index in [1.807, 2.05) is 31.2 Å². The van der Waals surface area contributed by atoms with Crippen LogP contribution in [0.3, 0.4) is 0 Å². The van der Waals surface area contributed by atoms with Crippen LogP contribution in [0.25, 0.3) is 0 Å². The number of ether oxygens (including phenoxy) is 1. The Labute approximate surface area is 125 Å². The van der Waals surface area contributed by atoms with Crippen molar-refractivity contribution in [3.8, 4) is 5.75 Å². The monoisotopic (exact) mass is 287 g/mol. The summed E-state index contributed by atoms with van der Waals surface area (Å²) in [6.45, 7) is 6.04. The van der Waals surface area contributed by atoms with Gasteiger partial charge in [0.2, 0.25) is 0 Å². The van der Waals surface area contributed by atoms with Gasteiger partial charge in [-0.3, -0.25) is 0 Å². The molecule has 0 saturated heterocycles. The van der Waals surface area contributed by atoms with Crippen molar-refractivity contribution in [1.29, 1.82) is 0 Å². The lowest BCUT2D eigenvalue weighted by atomic mass is 10.0. The lowest BCUT2D eigenvalue weighted by molar-refractivity contribution is 0.173. The molecule has 0 aliphatic heterocycles. The zero-order valence-corrected chi connectivity index (χ0v) is 12.7. The molecule has 2 rings (SSSR count). The van der Waals surface area contributed by atoms with Gasteiger partial charge in [-0.05, 0) is 30.5 Å². The van der Waals surface area contributed by atoms with Crippen molar-refractivity contribution < 1.29 is 9.13 Å². The second-order valence-corrected chi connectivity index (χ2v) is 5.61. The van der Waals surface area contributed by atoms with Crippen LogP contribution in [0.2, 0.25) is 0 Å². The van der Waals surface area contributed by atoms with Crippen LogP contribution in [0.5, 0.6) is 5.75 Å². The molecule has 2 unspecified atom stereocenters. The molecule has 2 N–H and O–H groups in total. The molecule has 0 aliphatic rings. The highest BCUT2D eigenvalue weighted by atomic mass is 19.1. The second-order valence-electron chi connectivity index (χ2n) is 5.61. The summed E-state index contributed by atoms with van der Waals surface area (Å²) >= 11 is 0. The van der Waals surface area contributed by atoms with E-state index < -0.39 is 6.10 Å². The molecular weight excluding hydrogens is 265 g/mol. The molecule has 2 nitrogen and oxygen atoms in total. The molecule has 0 fully saturated rings. The summed E-state index contributed by atoms with van der Waals surface area (Å²) in [6, 6.07) is 14.1. The Hall–Kier alpha value is -1.87. The van der Waals surface area contributed by atoms with Gasteiger partial charge in [0.05, 0.1) is 0 Å². The molecule has 2 atom stereocenters. The maximum Gasteiger partial charge on any atom is 0.141 e. The van der Waals surface area contributed by atoms with Gasteiger partial charge >= 0.3 is 0 Å². The highest BCUT2D eigenvalue weighted by molar-refractivity contribution is 5.36. The lowest BCUT2D eigenvalue weighted by Gasteiger charge is -2.25. The van der Waals surface area contributed by atoms with Crippen LogP contribution in [0.4, 0.5) is 4.39 Å². The number of benzene rings is 2. The van der Waals surface area contributed by atoms with Gasteiger partial charge in [0.25, 0.3) is 0 Å². The number of nitrogens with two attached hydrogens (primary N) is 1. The van der Waals surface area contributed by atoms with Gasteiger partial charge in [-0.15, -0.1) is 0 Å². The van der Waals surface area contributed by atoms with Gasteiger partial charge in [-0.1, -0.05) is 50.2 Å². The van der Waals surface area contributed by atoms with Crippen LogP contribution in [0.1, 0.15) is 43.9 Å². The van der Waals surface area contributed by atoms with Crippen molar-refractivity contribution >= 4 is 0 Å². The molecule has 0 amide bonds. The molecule has 112 valence electrons. The molecule has 0 radical (unpaired) electrons. The molecule has 21 heavy (non-hydrogen) atoms. The number of hydrogen-bond acceptors (Lipinski definition) is 2. The van der Waals surface area contributed by atoms with Crippen molar-refractivity contribution in [3.63, 3.8) is 0 Å². The van der Waals surface area contributed by atoms with Crippen molar-refractivity contribution in [2.45, 2.75) is 38.8 Å². The summed E-state index contributed by atoms with van der Waals surface area (Å²) < 4.78 is 20.1. The molecule has 0 aromatic heterocycles. The Balaban J connectivity index is 2.36. The average Bonchev–Trinajstić information content (AvgIpc) is 2.45. The Morgan fingerprint density at radius 3 is 2.05 bits per heavy atom. The van der Waals surface area contributed by atoms with E-state index in [-0.39, 0.29) is 11.9 Å². The minimum atomic E-state index is -0.508. The lowest BCUT2D eigenvalue weighted by Crippen LogP contribution is -2.30. The van der Waals surface area contributed by atoms with E-state index in [0.29, 0.717) is 11.5 Å².